The Morgan fingerprint density at radius 1 is 0.520 bits per heavy atom. The number of rotatable bonds is 4. The van der Waals surface area contributed by atoms with Crippen LogP contribution in [-0.2, 0) is 12.8 Å². The average molecular weight is 333 g/mol. The van der Waals surface area contributed by atoms with Crippen molar-refractivity contribution >= 4 is 17.1 Å². The summed E-state index contributed by atoms with van der Waals surface area (Å²) in [6.45, 7) is 2.18. The zero-order valence-electron chi connectivity index (χ0n) is 14.8. The van der Waals surface area contributed by atoms with E-state index in [1.165, 1.54) is 23.1 Å². The highest BCUT2D eigenvalue weighted by atomic mass is 14.5. The monoisotopic (exact) mass is 333 g/mol. The van der Waals surface area contributed by atoms with Crippen LogP contribution in [0, 0.1) is 0 Å². The molecular weight excluding hydrogens is 306 g/mol. The first kappa shape index (κ1) is 18.4. The van der Waals surface area contributed by atoms with E-state index in [1.807, 2.05) is 60.7 Å². The lowest BCUT2D eigenvalue weighted by Gasteiger charge is -2.02. The molecule has 3 nitrogen and oxygen atoms in total. The van der Waals surface area contributed by atoms with Gasteiger partial charge >= 0.3 is 0 Å². The second-order valence-electron chi connectivity index (χ2n) is 6.15. The first-order valence-electron chi connectivity index (χ1n) is 8.60. The van der Waals surface area contributed by atoms with E-state index in [9.17, 15) is 0 Å². The van der Waals surface area contributed by atoms with Crippen LogP contribution in [0.1, 0.15) is 30.0 Å². The molecule has 0 fully saturated rings. The minimum atomic E-state index is 0.802. The zero-order valence-corrected chi connectivity index (χ0v) is 14.8. The maximum atomic E-state index is 5.62. The van der Waals surface area contributed by atoms with E-state index < -0.39 is 0 Å². The lowest BCUT2D eigenvalue weighted by molar-refractivity contribution is 0.922. The third-order valence-electron chi connectivity index (χ3n) is 3.89. The summed E-state index contributed by atoms with van der Waals surface area (Å²) in [6, 6.07) is 23.9. The summed E-state index contributed by atoms with van der Waals surface area (Å²) in [7, 11) is 0. The number of hydrogen-bond acceptors (Lipinski definition) is 3. The summed E-state index contributed by atoms with van der Waals surface area (Å²) >= 11 is 0. The van der Waals surface area contributed by atoms with Crippen LogP contribution in [0.25, 0.3) is 0 Å². The molecule has 0 heterocycles. The molecule has 0 spiro atoms. The summed E-state index contributed by atoms with van der Waals surface area (Å²) in [5.41, 5.74) is 23.1. The molecule has 3 rings (SSSR count). The van der Waals surface area contributed by atoms with Crippen molar-refractivity contribution < 1.29 is 0 Å². The lowest BCUT2D eigenvalue weighted by atomic mass is 10.0. The van der Waals surface area contributed by atoms with Crippen molar-refractivity contribution in [3.8, 4) is 0 Å². The van der Waals surface area contributed by atoms with Crippen molar-refractivity contribution in [2.45, 2.75) is 26.2 Å². The van der Waals surface area contributed by atoms with Crippen LogP contribution < -0.4 is 17.2 Å². The summed E-state index contributed by atoms with van der Waals surface area (Å²) in [4.78, 5) is 0. The van der Waals surface area contributed by atoms with Crippen molar-refractivity contribution in [1.82, 2.24) is 0 Å². The number of nitrogens with two attached hydrogens (primary N) is 3. The third kappa shape index (κ3) is 6.60. The van der Waals surface area contributed by atoms with E-state index in [0.29, 0.717) is 0 Å². The first-order chi connectivity index (χ1) is 12.1. The van der Waals surface area contributed by atoms with Gasteiger partial charge in [-0.1, -0.05) is 49.7 Å². The van der Waals surface area contributed by atoms with E-state index in [-0.39, 0.29) is 0 Å². The lowest BCUT2D eigenvalue weighted by Crippen LogP contribution is -1.90. The minimum absolute atomic E-state index is 0.802. The molecule has 0 amide bonds. The molecule has 0 radical (unpaired) electrons. The van der Waals surface area contributed by atoms with Crippen LogP contribution in [0.15, 0.2) is 72.8 Å². The summed E-state index contributed by atoms with van der Waals surface area (Å²) in [5, 5.41) is 0. The Balaban J connectivity index is 0.000000196. The molecule has 3 aromatic rings. The fraction of sp³-hybridized carbons (Fsp3) is 0.182. The van der Waals surface area contributed by atoms with Crippen LogP contribution in [-0.4, -0.2) is 0 Å². The van der Waals surface area contributed by atoms with Crippen LogP contribution in [0.5, 0.6) is 0 Å². The molecule has 0 saturated heterocycles. The number of anilines is 3. The highest BCUT2D eigenvalue weighted by Gasteiger charge is 1.96. The van der Waals surface area contributed by atoms with E-state index >= 15 is 0 Å². The molecule has 0 bridgehead atoms. The van der Waals surface area contributed by atoms with E-state index in [2.05, 4.69) is 19.1 Å². The average Bonchev–Trinajstić information content (AvgIpc) is 2.62. The van der Waals surface area contributed by atoms with Gasteiger partial charge in [0.1, 0.15) is 0 Å². The predicted octanol–water partition coefficient (Wildman–Crippen LogP) is 4.66. The Bertz CT molecular complexity index is 701. The highest BCUT2D eigenvalue weighted by Crippen LogP contribution is 2.13. The standard InChI is InChI=1S/C13H14N2.C9H13N/c14-12-5-1-10(2-6-12)9-11-3-7-13(15)8-4-11;1-2-3-8-4-6-9(10)7-5-8/h1-8H,9,14-15H2;4-7H,2-3,10H2,1H3. The smallest absolute Gasteiger partial charge is 0.0314 e. The molecule has 3 heteroatoms. The number of nitrogen functional groups attached to an aromatic ring is 3. The summed E-state index contributed by atoms with van der Waals surface area (Å²) in [6.07, 6.45) is 3.27. The largest absolute Gasteiger partial charge is 0.399 e. The highest BCUT2D eigenvalue weighted by molar-refractivity contribution is 5.43. The molecule has 0 atom stereocenters. The van der Waals surface area contributed by atoms with Crippen molar-refractivity contribution in [1.29, 1.82) is 0 Å². The van der Waals surface area contributed by atoms with Gasteiger partial charge in [0, 0.05) is 17.1 Å². The number of benzene rings is 3. The minimum Gasteiger partial charge on any atom is -0.399 e. The van der Waals surface area contributed by atoms with Crippen LogP contribution in [0.3, 0.4) is 0 Å². The number of hydrogen-bond donors (Lipinski definition) is 3. The molecule has 3 aromatic carbocycles. The molecule has 25 heavy (non-hydrogen) atoms. The maximum absolute atomic E-state index is 5.62. The van der Waals surface area contributed by atoms with E-state index in [1.54, 1.807) is 0 Å². The summed E-state index contributed by atoms with van der Waals surface area (Å²) in [5.74, 6) is 0. The van der Waals surface area contributed by atoms with Gasteiger partial charge < -0.3 is 17.2 Å². The van der Waals surface area contributed by atoms with Gasteiger partial charge in [0.2, 0.25) is 0 Å². The zero-order chi connectivity index (χ0) is 18.1. The molecule has 6 N–H and O–H groups in total. The Labute approximate surface area is 150 Å². The molecule has 0 aliphatic rings. The molecule has 130 valence electrons. The Hall–Kier alpha value is -2.94. The molecule has 0 unspecified atom stereocenters. The Morgan fingerprint density at radius 2 is 0.840 bits per heavy atom. The third-order valence-corrected chi connectivity index (χ3v) is 3.89. The Morgan fingerprint density at radius 3 is 1.16 bits per heavy atom. The van der Waals surface area contributed by atoms with Crippen molar-refractivity contribution in [3.63, 3.8) is 0 Å². The van der Waals surface area contributed by atoms with Gasteiger partial charge in [0.15, 0.2) is 0 Å². The molecule has 0 aromatic heterocycles. The van der Waals surface area contributed by atoms with Crippen LogP contribution in [0.4, 0.5) is 17.1 Å². The van der Waals surface area contributed by atoms with Crippen LogP contribution in [0.2, 0.25) is 0 Å². The second kappa shape index (κ2) is 9.38. The van der Waals surface area contributed by atoms with Crippen LogP contribution >= 0.6 is 0 Å². The van der Waals surface area contributed by atoms with E-state index in [4.69, 9.17) is 17.2 Å². The van der Waals surface area contributed by atoms with Gasteiger partial charge in [0.05, 0.1) is 0 Å². The fourth-order valence-corrected chi connectivity index (χ4v) is 2.48. The van der Waals surface area contributed by atoms with Crippen molar-refractivity contribution in [2.24, 2.45) is 0 Å². The van der Waals surface area contributed by atoms with Gasteiger partial charge in [-0.05, 0) is 65.9 Å². The van der Waals surface area contributed by atoms with Gasteiger partial charge in [-0.2, -0.15) is 0 Å². The van der Waals surface area contributed by atoms with Crippen molar-refractivity contribution in [2.75, 3.05) is 17.2 Å². The SMILES string of the molecule is CCCc1ccc(N)cc1.Nc1ccc(Cc2ccc(N)cc2)cc1. The topological polar surface area (TPSA) is 78.1 Å². The fourth-order valence-electron chi connectivity index (χ4n) is 2.48. The van der Waals surface area contributed by atoms with E-state index in [0.717, 1.165) is 29.9 Å². The van der Waals surface area contributed by atoms with Gasteiger partial charge in [-0.15, -0.1) is 0 Å². The number of aryl methyl sites for hydroxylation is 1. The quantitative estimate of drug-likeness (QED) is 0.607. The molecule has 0 saturated carbocycles. The molecule has 0 aliphatic carbocycles. The maximum Gasteiger partial charge on any atom is 0.0314 e. The van der Waals surface area contributed by atoms with Crippen molar-refractivity contribution in [3.05, 3.63) is 89.5 Å². The Kier molecular flexibility index (Phi) is 6.90. The summed E-state index contributed by atoms with van der Waals surface area (Å²) < 4.78 is 0. The first-order valence-corrected chi connectivity index (χ1v) is 8.60. The molecular formula is C22H27N3. The normalized spacial score (nSPS) is 9.96. The van der Waals surface area contributed by atoms with Gasteiger partial charge in [-0.3, -0.25) is 0 Å². The molecule has 0 aliphatic heterocycles. The van der Waals surface area contributed by atoms with Gasteiger partial charge in [0.25, 0.3) is 0 Å². The van der Waals surface area contributed by atoms with Gasteiger partial charge in [-0.25, -0.2) is 0 Å². The predicted molar refractivity (Wildman–Crippen MR) is 109 cm³/mol. The second-order valence-corrected chi connectivity index (χ2v) is 6.15.